The molecule has 0 N–H and O–H groups in total. The quantitative estimate of drug-likeness (QED) is 0.530. The number of hydrogen-bond donors (Lipinski definition) is 0. The number of thiocarbonyl (C=S) groups is 1. The standard InChI is InChI=1S/C12H13NS/c14-9-13-12-8-4-7-11(12)10-5-2-1-3-6-10/h1-3,5-6,11-12H,4,7-8H2/t11-,12+/m0/s1. The minimum absolute atomic E-state index is 0.370. The zero-order chi connectivity index (χ0) is 9.80. The van der Waals surface area contributed by atoms with Gasteiger partial charge in [-0.05, 0) is 30.6 Å². The maximum absolute atomic E-state index is 4.67. The third kappa shape index (κ3) is 1.92. The van der Waals surface area contributed by atoms with Gasteiger partial charge < -0.3 is 0 Å². The highest BCUT2D eigenvalue weighted by Gasteiger charge is 2.27. The van der Waals surface area contributed by atoms with Crippen molar-refractivity contribution in [3.63, 3.8) is 0 Å². The van der Waals surface area contributed by atoms with Crippen LogP contribution in [0.5, 0.6) is 0 Å². The fourth-order valence-electron chi connectivity index (χ4n) is 2.25. The summed E-state index contributed by atoms with van der Waals surface area (Å²) >= 11 is 4.67. The summed E-state index contributed by atoms with van der Waals surface area (Å²) in [6, 6.07) is 11.0. The van der Waals surface area contributed by atoms with Crippen LogP contribution in [0.2, 0.25) is 0 Å². The molecule has 1 aromatic rings. The molecule has 1 nitrogen and oxygen atoms in total. The molecule has 1 aliphatic carbocycles. The molecule has 0 spiro atoms. The van der Waals surface area contributed by atoms with E-state index in [2.05, 4.69) is 52.7 Å². The summed E-state index contributed by atoms with van der Waals surface area (Å²) in [6.45, 7) is 0. The van der Waals surface area contributed by atoms with Crippen LogP contribution < -0.4 is 0 Å². The smallest absolute Gasteiger partial charge is 0.0671 e. The van der Waals surface area contributed by atoms with E-state index in [9.17, 15) is 0 Å². The highest BCUT2D eigenvalue weighted by atomic mass is 32.1. The first-order valence-corrected chi connectivity index (χ1v) is 5.44. The number of hydrogen-bond acceptors (Lipinski definition) is 2. The number of benzene rings is 1. The van der Waals surface area contributed by atoms with Crippen LogP contribution in [0.1, 0.15) is 30.7 Å². The molecule has 2 heteroatoms. The monoisotopic (exact) mass is 203 g/mol. The van der Waals surface area contributed by atoms with Gasteiger partial charge in [-0.2, -0.15) is 0 Å². The average molecular weight is 203 g/mol. The molecule has 2 atom stereocenters. The summed E-state index contributed by atoms with van der Waals surface area (Å²) in [5.74, 6) is 0.562. The van der Waals surface area contributed by atoms with E-state index in [1.807, 2.05) is 0 Å². The Balaban J connectivity index is 2.21. The third-order valence-electron chi connectivity index (χ3n) is 2.93. The van der Waals surface area contributed by atoms with Gasteiger partial charge in [0.1, 0.15) is 0 Å². The summed E-state index contributed by atoms with van der Waals surface area (Å²) in [5, 5.41) is 2.52. The SMILES string of the molecule is S=C=N[C@@H]1CCC[C@H]1c1ccccc1. The van der Waals surface area contributed by atoms with Gasteiger partial charge in [-0.1, -0.05) is 36.8 Å². The highest BCUT2D eigenvalue weighted by molar-refractivity contribution is 7.78. The van der Waals surface area contributed by atoms with Crippen LogP contribution in [-0.4, -0.2) is 11.2 Å². The van der Waals surface area contributed by atoms with Crippen molar-refractivity contribution in [3.8, 4) is 0 Å². The molecule has 1 aliphatic rings. The van der Waals surface area contributed by atoms with E-state index < -0.39 is 0 Å². The van der Waals surface area contributed by atoms with Crippen molar-refractivity contribution in [2.75, 3.05) is 0 Å². The second-order valence-corrected chi connectivity index (χ2v) is 3.92. The lowest BCUT2D eigenvalue weighted by molar-refractivity contribution is 0.619. The molecular formula is C12H13NS. The molecule has 0 amide bonds. The second kappa shape index (κ2) is 4.50. The molecule has 0 aromatic heterocycles. The summed E-state index contributed by atoms with van der Waals surface area (Å²) in [4.78, 5) is 4.25. The maximum Gasteiger partial charge on any atom is 0.0671 e. The summed E-state index contributed by atoms with van der Waals surface area (Å²) in [7, 11) is 0. The lowest BCUT2D eigenvalue weighted by Crippen LogP contribution is -2.08. The Hall–Kier alpha value is -0.980. The van der Waals surface area contributed by atoms with Crippen molar-refractivity contribution in [2.24, 2.45) is 4.99 Å². The Kier molecular flexibility index (Phi) is 3.07. The van der Waals surface area contributed by atoms with Gasteiger partial charge >= 0.3 is 0 Å². The van der Waals surface area contributed by atoms with Crippen LogP contribution in [-0.2, 0) is 0 Å². The van der Waals surface area contributed by atoms with Crippen molar-refractivity contribution in [1.82, 2.24) is 0 Å². The van der Waals surface area contributed by atoms with Gasteiger partial charge in [0.15, 0.2) is 0 Å². The van der Waals surface area contributed by atoms with Crippen LogP contribution in [0.25, 0.3) is 0 Å². The predicted molar refractivity (Wildman–Crippen MR) is 61.8 cm³/mol. The number of aliphatic imine (C=N–C) groups is 1. The molecule has 0 radical (unpaired) electrons. The normalized spacial score (nSPS) is 25.7. The van der Waals surface area contributed by atoms with Crippen molar-refractivity contribution >= 4 is 17.4 Å². The molecule has 0 aliphatic heterocycles. The molecule has 1 saturated carbocycles. The topological polar surface area (TPSA) is 12.4 Å². The van der Waals surface area contributed by atoms with E-state index in [1.165, 1.54) is 18.4 Å². The van der Waals surface area contributed by atoms with Crippen molar-refractivity contribution in [2.45, 2.75) is 31.2 Å². The zero-order valence-corrected chi connectivity index (χ0v) is 8.83. The molecule has 72 valence electrons. The zero-order valence-electron chi connectivity index (χ0n) is 8.02. The minimum Gasteiger partial charge on any atom is -0.229 e. The fraction of sp³-hybridized carbons (Fsp3) is 0.417. The van der Waals surface area contributed by atoms with Gasteiger partial charge in [0, 0.05) is 5.92 Å². The van der Waals surface area contributed by atoms with E-state index in [1.54, 1.807) is 0 Å². The molecule has 0 bridgehead atoms. The van der Waals surface area contributed by atoms with E-state index in [0.717, 1.165) is 6.42 Å². The van der Waals surface area contributed by atoms with E-state index in [4.69, 9.17) is 0 Å². The number of rotatable bonds is 2. The third-order valence-corrected chi connectivity index (χ3v) is 3.03. The van der Waals surface area contributed by atoms with E-state index >= 15 is 0 Å². The average Bonchev–Trinajstić information content (AvgIpc) is 2.68. The predicted octanol–water partition coefficient (Wildman–Crippen LogP) is 3.43. The van der Waals surface area contributed by atoms with Gasteiger partial charge in [-0.25, -0.2) is 4.99 Å². The Labute approximate surface area is 89.9 Å². The molecule has 14 heavy (non-hydrogen) atoms. The van der Waals surface area contributed by atoms with Crippen LogP contribution >= 0.6 is 12.2 Å². The molecule has 1 fully saturated rings. The maximum atomic E-state index is 4.67. The van der Waals surface area contributed by atoms with Crippen LogP contribution in [0.15, 0.2) is 35.3 Å². The highest BCUT2D eigenvalue weighted by Crippen LogP contribution is 2.36. The van der Waals surface area contributed by atoms with Crippen LogP contribution in [0.3, 0.4) is 0 Å². The number of isothiocyanates is 1. The van der Waals surface area contributed by atoms with Crippen molar-refractivity contribution < 1.29 is 0 Å². The summed E-state index contributed by atoms with van der Waals surface area (Å²) in [6.07, 6.45) is 3.64. The largest absolute Gasteiger partial charge is 0.229 e. The minimum atomic E-state index is 0.370. The molecule has 0 unspecified atom stereocenters. The summed E-state index contributed by atoms with van der Waals surface area (Å²) in [5.41, 5.74) is 1.39. The fourth-order valence-corrected chi connectivity index (χ4v) is 2.39. The molecule has 1 aromatic carbocycles. The molecular weight excluding hydrogens is 190 g/mol. The Morgan fingerprint density at radius 1 is 1.21 bits per heavy atom. The Bertz CT molecular complexity index is 341. The molecule has 0 saturated heterocycles. The summed E-state index contributed by atoms with van der Waals surface area (Å²) < 4.78 is 0. The lowest BCUT2D eigenvalue weighted by Gasteiger charge is -2.14. The van der Waals surface area contributed by atoms with Crippen molar-refractivity contribution in [1.29, 1.82) is 0 Å². The first-order chi connectivity index (χ1) is 6.92. The lowest BCUT2D eigenvalue weighted by atomic mass is 9.95. The molecule has 0 heterocycles. The van der Waals surface area contributed by atoms with Gasteiger partial charge in [0.05, 0.1) is 11.2 Å². The van der Waals surface area contributed by atoms with Crippen LogP contribution in [0, 0.1) is 0 Å². The molecule has 2 rings (SSSR count). The first kappa shape index (κ1) is 9.57. The van der Waals surface area contributed by atoms with Gasteiger partial charge in [0.2, 0.25) is 0 Å². The van der Waals surface area contributed by atoms with Crippen LogP contribution in [0.4, 0.5) is 0 Å². The second-order valence-electron chi connectivity index (χ2n) is 3.74. The Morgan fingerprint density at radius 3 is 2.71 bits per heavy atom. The van der Waals surface area contributed by atoms with Crippen molar-refractivity contribution in [3.05, 3.63) is 35.9 Å². The van der Waals surface area contributed by atoms with Gasteiger partial charge in [-0.3, -0.25) is 0 Å². The Morgan fingerprint density at radius 2 is 2.00 bits per heavy atom. The van der Waals surface area contributed by atoms with Gasteiger partial charge in [0.25, 0.3) is 0 Å². The van der Waals surface area contributed by atoms with Gasteiger partial charge in [-0.15, -0.1) is 0 Å². The van der Waals surface area contributed by atoms with E-state index in [-0.39, 0.29) is 0 Å². The number of nitrogens with zero attached hydrogens (tertiary/aromatic N) is 1. The van der Waals surface area contributed by atoms with E-state index in [0.29, 0.717) is 12.0 Å². The first-order valence-electron chi connectivity index (χ1n) is 5.04.